The standard InChI is InChI=1S/C23H29ClN4O4/c1-23(2,3)32-22(29)25-8-10-27(4)15-7-9-28-14-18(26-21(28)11-15)16-12-17(24)20(31-6)13-19(16)30-5/h7,9,11-14H,8,10H2,1-6H3,(H,25,29). The van der Waals surface area contributed by atoms with Crippen molar-refractivity contribution >= 4 is 29.0 Å². The number of methoxy groups -OCH3 is 2. The highest BCUT2D eigenvalue weighted by atomic mass is 35.5. The number of aromatic nitrogens is 2. The van der Waals surface area contributed by atoms with Crippen molar-refractivity contribution in [2.24, 2.45) is 0 Å². The molecule has 0 bridgehead atoms. The van der Waals surface area contributed by atoms with Gasteiger partial charge in [0.05, 0.1) is 24.9 Å². The lowest BCUT2D eigenvalue weighted by Gasteiger charge is -2.22. The fourth-order valence-corrected chi connectivity index (χ4v) is 3.41. The first-order chi connectivity index (χ1) is 15.1. The van der Waals surface area contributed by atoms with Gasteiger partial charge in [0.1, 0.15) is 22.7 Å². The number of ether oxygens (including phenoxy) is 3. The fraction of sp³-hybridized carbons (Fsp3) is 0.391. The molecule has 172 valence electrons. The van der Waals surface area contributed by atoms with Gasteiger partial charge in [-0.1, -0.05) is 11.6 Å². The number of halogens is 1. The molecule has 2 heterocycles. The number of likely N-dealkylation sites (N-methyl/N-ethyl adjacent to an activating group) is 1. The van der Waals surface area contributed by atoms with E-state index < -0.39 is 11.7 Å². The van der Waals surface area contributed by atoms with E-state index in [9.17, 15) is 4.79 Å². The van der Waals surface area contributed by atoms with Gasteiger partial charge >= 0.3 is 6.09 Å². The normalized spacial score (nSPS) is 11.3. The van der Waals surface area contributed by atoms with Gasteiger partial charge < -0.3 is 28.8 Å². The molecule has 1 N–H and O–H groups in total. The SMILES string of the molecule is COc1cc(OC)c(-c2cn3ccc(N(C)CCNC(=O)OC(C)(C)C)cc3n2)cc1Cl. The largest absolute Gasteiger partial charge is 0.496 e. The predicted octanol–water partition coefficient (Wildman–Crippen LogP) is 4.63. The maximum atomic E-state index is 11.8. The summed E-state index contributed by atoms with van der Waals surface area (Å²) in [5, 5.41) is 3.25. The number of carbonyl (C=O) groups excluding carboxylic acids is 1. The summed E-state index contributed by atoms with van der Waals surface area (Å²) < 4.78 is 18.0. The first-order valence-electron chi connectivity index (χ1n) is 10.2. The van der Waals surface area contributed by atoms with Crippen molar-refractivity contribution in [2.45, 2.75) is 26.4 Å². The van der Waals surface area contributed by atoms with Crippen molar-refractivity contribution in [2.75, 3.05) is 39.3 Å². The molecule has 2 aromatic heterocycles. The third kappa shape index (κ3) is 5.56. The van der Waals surface area contributed by atoms with Gasteiger partial charge in [-0.3, -0.25) is 0 Å². The molecule has 32 heavy (non-hydrogen) atoms. The Morgan fingerprint density at radius 1 is 1.19 bits per heavy atom. The number of pyridine rings is 1. The zero-order valence-corrected chi connectivity index (χ0v) is 20.0. The number of anilines is 1. The van der Waals surface area contributed by atoms with Crippen LogP contribution >= 0.6 is 11.6 Å². The number of nitrogens with one attached hydrogen (secondary N) is 1. The van der Waals surface area contributed by atoms with E-state index in [0.717, 1.165) is 22.6 Å². The molecule has 0 atom stereocenters. The minimum atomic E-state index is -0.518. The van der Waals surface area contributed by atoms with Gasteiger partial charge in [-0.25, -0.2) is 9.78 Å². The predicted molar refractivity (Wildman–Crippen MR) is 126 cm³/mol. The van der Waals surface area contributed by atoms with Crippen molar-refractivity contribution in [1.29, 1.82) is 0 Å². The average Bonchev–Trinajstić information content (AvgIpc) is 3.15. The van der Waals surface area contributed by atoms with Crippen molar-refractivity contribution in [1.82, 2.24) is 14.7 Å². The lowest BCUT2D eigenvalue weighted by molar-refractivity contribution is 0.0529. The molecule has 1 aromatic carbocycles. The summed E-state index contributed by atoms with van der Waals surface area (Å²) in [7, 11) is 5.12. The monoisotopic (exact) mass is 460 g/mol. The molecule has 0 spiro atoms. The van der Waals surface area contributed by atoms with Gasteiger partial charge in [-0.2, -0.15) is 0 Å². The van der Waals surface area contributed by atoms with E-state index in [2.05, 4.69) is 5.32 Å². The highest BCUT2D eigenvalue weighted by Gasteiger charge is 2.17. The summed E-state index contributed by atoms with van der Waals surface area (Å²) in [6.07, 6.45) is 3.44. The van der Waals surface area contributed by atoms with E-state index in [1.54, 1.807) is 26.4 Å². The molecule has 0 radical (unpaired) electrons. The fourth-order valence-electron chi connectivity index (χ4n) is 3.17. The number of hydrogen-bond donors (Lipinski definition) is 1. The zero-order valence-electron chi connectivity index (χ0n) is 19.2. The molecule has 0 aliphatic rings. The molecule has 0 unspecified atom stereocenters. The van der Waals surface area contributed by atoms with E-state index in [0.29, 0.717) is 29.6 Å². The molecule has 0 fully saturated rings. The number of nitrogens with zero attached hydrogens (tertiary/aromatic N) is 3. The molecule has 0 aliphatic heterocycles. The van der Waals surface area contributed by atoms with Crippen LogP contribution < -0.4 is 19.7 Å². The van der Waals surface area contributed by atoms with E-state index in [1.807, 2.05) is 61.6 Å². The van der Waals surface area contributed by atoms with Crippen molar-refractivity contribution in [3.63, 3.8) is 0 Å². The Balaban J connectivity index is 1.75. The molecule has 0 saturated heterocycles. The smallest absolute Gasteiger partial charge is 0.407 e. The lowest BCUT2D eigenvalue weighted by atomic mass is 10.1. The molecular weight excluding hydrogens is 432 g/mol. The highest BCUT2D eigenvalue weighted by Crippen LogP contribution is 2.38. The van der Waals surface area contributed by atoms with Crippen LogP contribution in [-0.2, 0) is 4.74 Å². The van der Waals surface area contributed by atoms with Crippen molar-refractivity contribution in [3.8, 4) is 22.8 Å². The second kappa shape index (κ2) is 9.56. The molecule has 8 nitrogen and oxygen atoms in total. The number of fused-ring (bicyclic) bond motifs is 1. The second-order valence-corrected chi connectivity index (χ2v) is 8.72. The summed E-state index contributed by atoms with van der Waals surface area (Å²) in [4.78, 5) is 18.6. The maximum Gasteiger partial charge on any atom is 0.407 e. The maximum absolute atomic E-state index is 11.8. The van der Waals surface area contributed by atoms with Crippen LogP contribution in [0.3, 0.4) is 0 Å². The third-order valence-corrected chi connectivity index (χ3v) is 5.05. The number of benzene rings is 1. The van der Waals surface area contributed by atoms with Crippen LogP contribution in [-0.4, -0.2) is 55.4 Å². The highest BCUT2D eigenvalue weighted by molar-refractivity contribution is 6.32. The quantitative estimate of drug-likeness (QED) is 0.553. The number of amides is 1. The van der Waals surface area contributed by atoms with Crippen molar-refractivity contribution in [3.05, 3.63) is 41.7 Å². The molecule has 3 aromatic rings. The Kier molecular flexibility index (Phi) is 7.03. The minimum Gasteiger partial charge on any atom is -0.496 e. The van der Waals surface area contributed by atoms with Gasteiger partial charge in [0, 0.05) is 55.9 Å². The third-order valence-electron chi connectivity index (χ3n) is 4.75. The van der Waals surface area contributed by atoms with Crippen LogP contribution in [0, 0.1) is 0 Å². The van der Waals surface area contributed by atoms with Crippen LogP contribution in [0.1, 0.15) is 20.8 Å². The Hall–Kier alpha value is -3.13. The van der Waals surface area contributed by atoms with Crippen LogP contribution in [0.15, 0.2) is 36.7 Å². The van der Waals surface area contributed by atoms with Crippen LogP contribution in [0.2, 0.25) is 5.02 Å². The number of imidazole rings is 1. The Morgan fingerprint density at radius 2 is 1.91 bits per heavy atom. The van der Waals surface area contributed by atoms with E-state index in [1.165, 1.54) is 0 Å². The zero-order chi connectivity index (χ0) is 23.5. The van der Waals surface area contributed by atoms with Gasteiger partial charge in [0.15, 0.2) is 0 Å². The number of hydrogen-bond acceptors (Lipinski definition) is 6. The average molecular weight is 461 g/mol. The van der Waals surface area contributed by atoms with Gasteiger partial charge in [-0.05, 0) is 32.9 Å². The summed E-state index contributed by atoms with van der Waals surface area (Å²) in [5.74, 6) is 1.17. The Labute approximate surface area is 193 Å². The first kappa shape index (κ1) is 23.5. The Bertz CT molecular complexity index is 1110. The summed E-state index contributed by atoms with van der Waals surface area (Å²) >= 11 is 6.32. The van der Waals surface area contributed by atoms with Crippen LogP contribution in [0.5, 0.6) is 11.5 Å². The molecule has 1 amide bonds. The Morgan fingerprint density at radius 3 is 2.56 bits per heavy atom. The van der Waals surface area contributed by atoms with Gasteiger partial charge in [0.2, 0.25) is 0 Å². The number of rotatable bonds is 7. The minimum absolute atomic E-state index is 0.425. The summed E-state index contributed by atoms with van der Waals surface area (Å²) in [5.41, 5.74) is 2.74. The molecule has 3 rings (SSSR count). The van der Waals surface area contributed by atoms with Gasteiger partial charge in [-0.15, -0.1) is 0 Å². The van der Waals surface area contributed by atoms with Gasteiger partial charge in [0.25, 0.3) is 0 Å². The first-order valence-corrected chi connectivity index (χ1v) is 10.6. The molecule has 0 saturated carbocycles. The van der Waals surface area contributed by atoms with Crippen LogP contribution in [0.25, 0.3) is 16.9 Å². The second-order valence-electron chi connectivity index (χ2n) is 8.31. The van der Waals surface area contributed by atoms with Crippen molar-refractivity contribution < 1.29 is 19.0 Å². The number of carbonyl (C=O) groups is 1. The van der Waals surface area contributed by atoms with E-state index >= 15 is 0 Å². The number of alkyl carbamates (subject to hydrolysis) is 1. The van der Waals surface area contributed by atoms with Crippen LogP contribution in [0.4, 0.5) is 10.5 Å². The topological polar surface area (TPSA) is 77.3 Å². The summed E-state index contributed by atoms with van der Waals surface area (Å²) in [6.45, 7) is 6.58. The lowest BCUT2D eigenvalue weighted by Crippen LogP contribution is -2.37. The molecule has 0 aliphatic carbocycles. The van der Waals surface area contributed by atoms with E-state index in [4.69, 9.17) is 30.8 Å². The van der Waals surface area contributed by atoms with E-state index in [-0.39, 0.29) is 0 Å². The molecular formula is C23H29ClN4O4. The summed E-state index contributed by atoms with van der Waals surface area (Å²) in [6, 6.07) is 7.51. The molecule has 9 heteroatoms.